The lowest BCUT2D eigenvalue weighted by atomic mass is 10.0. The summed E-state index contributed by atoms with van der Waals surface area (Å²) in [6.45, 7) is 0. The van der Waals surface area contributed by atoms with Gasteiger partial charge in [-0.25, -0.2) is 4.79 Å². The zero-order chi connectivity index (χ0) is 6.97. The third kappa shape index (κ3) is 0.781. The number of hydrogen-bond acceptors (Lipinski definition) is 2. The van der Waals surface area contributed by atoms with Gasteiger partial charge in [0.15, 0.2) is 0 Å². The van der Waals surface area contributed by atoms with E-state index in [0.717, 1.165) is 25.0 Å². The van der Waals surface area contributed by atoms with Crippen molar-refractivity contribution in [2.24, 2.45) is 0 Å². The van der Waals surface area contributed by atoms with Crippen LogP contribution in [0.25, 0.3) is 0 Å². The molecule has 1 heterocycles. The summed E-state index contributed by atoms with van der Waals surface area (Å²) in [5.41, 5.74) is 0. The topological polar surface area (TPSA) is 38.3 Å². The van der Waals surface area contributed by atoms with Gasteiger partial charge in [-0.15, -0.1) is 0 Å². The van der Waals surface area contributed by atoms with Gasteiger partial charge in [0.05, 0.1) is 6.04 Å². The van der Waals surface area contributed by atoms with Crippen molar-refractivity contribution in [3.63, 3.8) is 0 Å². The van der Waals surface area contributed by atoms with Gasteiger partial charge in [0.25, 0.3) is 0 Å². The van der Waals surface area contributed by atoms with Crippen LogP contribution in [-0.2, 0) is 4.74 Å². The third-order valence-electron chi connectivity index (χ3n) is 1.89. The Morgan fingerprint density at radius 2 is 2.60 bits per heavy atom. The number of nitrogens with one attached hydrogen (secondary N) is 1. The van der Waals surface area contributed by atoms with Crippen molar-refractivity contribution in [3.8, 4) is 0 Å². The van der Waals surface area contributed by atoms with Crippen molar-refractivity contribution in [3.05, 3.63) is 11.8 Å². The first-order chi connectivity index (χ1) is 4.86. The maximum atomic E-state index is 10.6. The monoisotopic (exact) mass is 139 g/mol. The van der Waals surface area contributed by atoms with Gasteiger partial charge >= 0.3 is 6.09 Å². The largest absolute Gasteiger partial charge is 0.413 e. The van der Waals surface area contributed by atoms with Crippen LogP contribution in [0.2, 0.25) is 0 Å². The molecule has 0 saturated carbocycles. The SMILES string of the molecule is O=C1NC2CCCC=C2O1. The fraction of sp³-hybridized carbons (Fsp3) is 0.571. The van der Waals surface area contributed by atoms with Gasteiger partial charge in [0.2, 0.25) is 0 Å². The molecule has 0 aromatic carbocycles. The number of rotatable bonds is 0. The van der Waals surface area contributed by atoms with Crippen molar-refractivity contribution >= 4 is 6.09 Å². The Hall–Kier alpha value is -0.990. The highest BCUT2D eigenvalue weighted by atomic mass is 16.6. The van der Waals surface area contributed by atoms with Crippen molar-refractivity contribution in [1.29, 1.82) is 0 Å². The fourth-order valence-corrected chi connectivity index (χ4v) is 1.39. The highest BCUT2D eigenvalue weighted by Gasteiger charge is 2.29. The molecule has 2 rings (SSSR count). The van der Waals surface area contributed by atoms with E-state index >= 15 is 0 Å². The summed E-state index contributed by atoms with van der Waals surface area (Å²) in [5.74, 6) is 0.830. The molecule has 0 bridgehead atoms. The van der Waals surface area contributed by atoms with Crippen LogP contribution in [0.4, 0.5) is 4.79 Å². The van der Waals surface area contributed by atoms with Crippen LogP contribution in [-0.4, -0.2) is 12.1 Å². The maximum Gasteiger partial charge on any atom is 0.412 e. The number of ether oxygens (including phenoxy) is 1. The lowest BCUT2D eigenvalue weighted by molar-refractivity contribution is 0.194. The average molecular weight is 139 g/mol. The Balaban J connectivity index is 2.20. The second-order valence-corrected chi connectivity index (χ2v) is 2.62. The van der Waals surface area contributed by atoms with Gasteiger partial charge in [-0.2, -0.15) is 0 Å². The molecule has 1 saturated heterocycles. The second kappa shape index (κ2) is 2.01. The van der Waals surface area contributed by atoms with Gasteiger partial charge in [0.1, 0.15) is 5.76 Å². The van der Waals surface area contributed by atoms with Crippen LogP contribution < -0.4 is 5.32 Å². The molecule has 1 N–H and O–H groups in total. The molecule has 3 nitrogen and oxygen atoms in total. The molecule has 0 radical (unpaired) electrons. The number of fused-ring (bicyclic) bond motifs is 1. The first kappa shape index (κ1) is 5.77. The zero-order valence-corrected chi connectivity index (χ0v) is 5.59. The highest BCUT2D eigenvalue weighted by Crippen LogP contribution is 2.23. The molecule has 0 aromatic rings. The number of allylic oxidation sites excluding steroid dienone is 1. The molecule has 10 heavy (non-hydrogen) atoms. The predicted molar refractivity (Wildman–Crippen MR) is 35.3 cm³/mol. The van der Waals surface area contributed by atoms with E-state index in [9.17, 15) is 4.79 Å². The second-order valence-electron chi connectivity index (χ2n) is 2.62. The Labute approximate surface area is 59.1 Å². The molecule has 1 amide bonds. The molecule has 1 aliphatic carbocycles. The molecule has 0 aromatic heterocycles. The summed E-state index contributed by atoms with van der Waals surface area (Å²) in [7, 11) is 0. The number of hydrogen-bond donors (Lipinski definition) is 1. The molecule has 2 aliphatic rings. The molecule has 0 spiro atoms. The van der Waals surface area contributed by atoms with Crippen LogP contribution in [0.5, 0.6) is 0 Å². The minimum absolute atomic E-state index is 0.182. The van der Waals surface area contributed by atoms with Gasteiger partial charge in [-0.1, -0.05) is 0 Å². The van der Waals surface area contributed by atoms with E-state index in [2.05, 4.69) is 5.32 Å². The highest BCUT2D eigenvalue weighted by molar-refractivity contribution is 5.72. The molecule has 1 fully saturated rings. The van der Waals surface area contributed by atoms with Crippen molar-refractivity contribution in [2.45, 2.75) is 25.3 Å². The Kier molecular flexibility index (Phi) is 1.16. The third-order valence-corrected chi connectivity index (χ3v) is 1.89. The fourth-order valence-electron chi connectivity index (χ4n) is 1.39. The van der Waals surface area contributed by atoms with Gasteiger partial charge in [-0.05, 0) is 25.3 Å². The number of carbonyl (C=O) groups is 1. The summed E-state index contributed by atoms with van der Waals surface area (Å²) in [6.07, 6.45) is 4.92. The average Bonchev–Trinajstić information content (AvgIpc) is 2.27. The Bertz CT molecular complexity index is 198. The molecule has 54 valence electrons. The predicted octanol–water partition coefficient (Wildman–Crippen LogP) is 1.16. The van der Waals surface area contributed by atoms with Gasteiger partial charge < -0.3 is 10.1 Å². The molecular formula is C7H9NO2. The molecule has 3 heteroatoms. The standard InChI is InChI=1S/C7H9NO2/c9-7-8-5-3-1-2-4-6(5)10-7/h4-5H,1-3H2,(H,8,9). The summed E-state index contributed by atoms with van der Waals surface area (Å²) < 4.78 is 4.88. The van der Waals surface area contributed by atoms with E-state index in [1.54, 1.807) is 0 Å². The van der Waals surface area contributed by atoms with Gasteiger partial charge in [0, 0.05) is 0 Å². The van der Waals surface area contributed by atoms with Crippen LogP contribution in [0.15, 0.2) is 11.8 Å². The first-order valence-electron chi connectivity index (χ1n) is 3.54. The minimum atomic E-state index is -0.293. The van der Waals surface area contributed by atoms with E-state index in [1.807, 2.05) is 6.08 Å². The molecule has 1 aliphatic heterocycles. The quantitative estimate of drug-likeness (QED) is 0.547. The van der Waals surface area contributed by atoms with Gasteiger partial charge in [-0.3, -0.25) is 0 Å². The lowest BCUT2D eigenvalue weighted by Gasteiger charge is -2.12. The molecule has 1 unspecified atom stereocenters. The van der Waals surface area contributed by atoms with Crippen molar-refractivity contribution in [2.75, 3.05) is 0 Å². The van der Waals surface area contributed by atoms with E-state index < -0.39 is 0 Å². The first-order valence-corrected chi connectivity index (χ1v) is 3.54. The van der Waals surface area contributed by atoms with Crippen LogP contribution >= 0.6 is 0 Å². The number of carbonyl (C=O) groups excluding carboxylic acids is 1. The van der Waals surface area contributed by atoms with Crippen molar-refractivity contribution < 1.29 is 9.53 Å². The maximum absolute atomic E-state index is 10.6. The van der Waals surface area contributed by atoms with Crippen LogP contribution in [0.1, 0.15) is 19.3 Å². The van der Waals surface area contributed by atoms with E-state index in [1.165, 1.54) is 0 Å². The van der Waals surface area contributed by atoms with Crippen LogP contribution in [0, 0.1) is 0 Å². The van der Waals surface area contributed by atoms with E-state index in [4.69, 9.17) is 4.74 Å². The normalized spacial score (nSPS) is 30.2. The van der Waals surface area contributed by atoms with Crippen LogP contribution in [0.3, 0.4) is 0 Å². The van der Waals surface area contributed by atoms with E-state index in [-0.39, 0.29) is 12.1 Å². The van der Waals surface area contributed by atoms with E-state index in [0.29, 0.717) is 0 Å². The molecule has 1 atom stereocenters. The minimum Gasteiger partial charge on any atom is -0.413 e. The number of alkyl carbamates (subject to hydrolysis) is 1. The lowest BCUT2D eigenvalue weighted by Crippen LogP contribution is -2.26. The van der Waals surface area contributed by atoms with Crippen molar-refractivity contribution in [1.82, 2.24) is 5.32 Å². The summed E-state index contributed by atoms with van der Waals surface area (Å²) in [6, 6.07) is 0.182. The molecular weight excluding hydrogens is 130 g/mol. The Morgan fingerprint density at radius 1 is 1.70 bits per heavy atom. The summed E-state index contributed by atoms with van der Waals surface area (Å²) >= 11 is 0. The smallest absolute Gasteiger partial charge is 0.412 e. The Morgan fingerprint density at radius 3 is 3.40 bits per heavy atom. The summed E-state index contributed by atoms with van der Waals surface area (Å²) in [5, 5.41) is 2.73. The zero-order valence-electron chi connectivity index (χ0n) is 5.59. The number of amides is 1. The summed E-state index contributed by atoms with van der Waals surface area (Å²) in [4.78, 5) is 10.6.